The van der Waals surface area contributed by atoms with Gasteiger partial charge in [-0.25, -0.2) is 0 Å². The van der Waals surface area contributed by atoms with Crippen LogP contribution in [0.5, 0.6) is 0 Å². The third-order valence-electron chi connectivity index (χ3n) is 3.86. The van der Waals surface area contributed by atoms with Crippen LogP contribution >= 0.6 is 0 Å². The van der Waals surface area contributed by atoms with Gasteiger partial charge in [0, 0.05) is 25.3 Å². The molecule has 1 atom stereocenters. The van der Waals surface area contributed by atoms with Gasteiger partial charge in [0.05, 0.1) is 6.04 Å². The maximum Gasteiger partial charge on any atom is 0.435 e. The molecule has 0 N–H and O–H groups in total. The summed E-state index contributed by atoms with van der Waals surface area (Å²) < 4.78 is 40.3. The average molecular weight is 303 g/mol. The Morgan fingerprint density at radius 3 is 2.48 bits per heavy atom. The molecule has 3 nitrogen and oxygen atoms in total. The maximum atomic E-state index is 12.9. The third-order valence-corrected chi connectivity index (χ3v) is 3.86. The number of aromatic nitrogens is 2. The Hall–Kier alpha value is -1.04. The number of rotatable bonds is 4. The molecular formula is C15H24F3N3. The molecular weight excluding hydrogens is 279 g/mol. The minimum atomic E-state index is -4.37. The highest BCUT2D eigenvalue weighted by Crippen LogP contribution is 2.33. The van der Waals surface area contributed by atoms with E-state index in [2.05, 4.69) is 23.8 Å². The number of likely N-dealkylation sites (tertiary alicyclic amines) is 1. The van der Waals surface area contributed by atoms with Crippen LogP contribution in [0.3, 0.4) is 0 Å². The second-order valence-corrected chi connectivity index (χ2v) is 6.65. The van der Waals surface area contributed by atoms with Crippen LogP contribution in [0.1, 0.15) is 57.5 Å². The zero-order valence-electron chi connectivity index (χ0n) is 13.1. The zero-order valence-corrected chi connectivity index (χ0v) is 13.1. The van der Waals surface area contributed by atoms with E-state index in [9.17, 15) is 13.2 Å². The van der Waals surface area contributed by atoms with Gasteiger partial charge in [0.1, 0.15) is 0 Å². The van der Waals surface area contributed by atoms with Gasteiger partial charge in [0.25, 0.3) is 0 Å². The Morgan fingerprint density at radius 1 is 1.29 bits per heavy atom. The van der Waals surface area contributed by atoms with Gasteiger partial charge in [-0.3, -0.25) is 4.68 Å². The molecule has 1 aliphatic rings. The van der Waals surface area contributed by atoms with Gasteiger partial charge < -0.3 is 4.90 Å². The molecule has 0 aliphatic carbocycles. The molecule has 120 valence electrons. The van der Waals surface area contributed by atoms with E-state index in [0.717, 1.165) is 26.1 Å². The summed E-state index contributed by atoms with van der Waals surface area (Å²) in [6, 6.07) is 1.26. The lowest BCUT2D eigenvalue weighted by molar-refractivity contribution is -0.141. The smallest absolute Gasteiger partial charge is 0.301 e. The fourth-order valence-electron chi connectivity index (χ4n) is 2.97. The highest BCUT2D eigenvalue weighted by Gasteiger charge is 2.37. The largest absolute Gasteiger partial charge is 0.435 e. The number of hydrogen-bond donors (Lipinski definition) is 0. The van der Waals surface area contributed by atoms with Crippen molar-refractivity contribution in [2.24, 2.45) is 5.92 Å². The molecule has 0 amide bonds. The number of nitrogens with zero attached hydrogens (tertiary/aromatic N) is 3. The summed E-state index contributed by atoms with van der Waals surface area (Å²) in [6.45, 7) is 10.8. The standard InChI is InChI=1S/C15H24F3N3/c1-10(2)8-20-6-5-12(9-20)21-13(11(3)4)7-14(19-21)15(16,17)18/h7,10-12H,5-6,8-9H2,1-4H3. The summed E-state index contributed by atoms with van der Waals surface area (Å²) in [7, 11) is 0. The summed E-state index contributed by atoms with van der Waals surface area (Å²) in [5.41, 5.74) is -0.0905. The molecule has 1 unspecified atom stereocenters. The topological polar surface area (TPSA) is 21.1 Å². The Kier molecular flexibility index (Phi) is 4.66. The molecule has 0 aromatic carbocycles. The molecule has 21 heavy (non-hydrogen) atoms. The van der Waals surface area contributed by atoms with E-state index in [1.54, 1.807) is 4.68 Å². The molecule has 6 heteroatoms. The van der Waals surface area contributed by atoms with Crippen molar-refractivity contribution < 1.29 is 13.2 Å². The maximum absolute atomic E-state index is 12.9. The number of alkyl halides is 3. The van der Waals surface area contributed by atoms with Crippen molar-refractivity contribution in [2.45, 2.75) is 52.3 Å². The fourth-order valence-corrected chi connectivity index (χ4v) is 2.97. The summed E-state index contributed by atoms with van der Waals surface area (Å²) in [4.78, 5) is 2.31. The lowest BCUT2D eigenvalue weighted by Crippen LogP contribution is -2.26. The second kappa shape index (κ2) is 5.99. The molecule has 0 radical (unpaired) electrons. The molecule has 1 aromatic rings. The van der Waals surface area contributed by atoms with E-state index in [1.807, 2.05) is 13.8 Å². The quantitative estimate of drug-likeness (QED) is 0.840. The summed E-state index contributed by atoms with van der Waals surface area (Å²) in [5, 5.41) is 3.86. The highest BCUT2D eigenvalue weighted by molar-refractivity contribution is 5.17. The van der Waals surface area contributed by atoms with Crippen molar-refractivity contribution in [3.8, 4) is 0 Å². The van der Waals surface area contributed by atoms with E-state index in [-0.39, 0.29) is 12.0 Å². The molecule has 1 aliphatic heterocycles. The van der Waals surface area contributed by atoms with Crippen molar-refractivity contribution in [3.63, 3.8) is 0 Å². The first kappa shape index (κ1) is 16.3. The second-order valence-electron chi connectivity index (χ2n) is 6.65. The molecule has 1 aromatic heterocycles. The minimum absolute atomic E-state index is 0.0350. The average Bonchev–Trinajstić information content (AvgIpc) is 2.91. The van der Waals surface area contributed by atoms with Crippen LogP contribution in [0.25, 0.3) is 0 Å². The van der Waals surface area contributed by atoms with Crippen LogP contribution in [0.2, 0.25) is 0 Å². The third kappa shape index (κ3) is 3.78. The Morgan fingerprint density at radius 2 is 1.95 bits per heavy atom. The van der Waals surface area contributed by atoms with Gasteiger partial charge in [-0.05, 0) is 24.3 Å². The van der Waals surface area contributed by atoms with E-state index < -0.39 is 11.9 Å². The minimum Gasteiger partial charge on any atom is -0.301 e. The molecule has 2 rings (SSSR count). The zero-order chi connectivity index (χ0) is 15.8. The van der Waals surface area contributed by atoms with Crippen molar-refractivity contribution in [1.82, 2.24) is 14.7 Å². The lowest BCUT2D eigenvalue weighted by Gasteiger charge is -2.20. The molecule has 2 heterocycles. The highest BCUT2D eigenvalue weighted by atomic mass is 19.4. The first-order valence-electron chi connectivity index (χ1n) is 7.57. The first-order chi connectivity index (χ1) is 9.68. The predicted octanol–water partition coefficient (Wildman–Crippen LogP) is 3.93. The SMILES string of the molecule is CC(C)CN1CCC(n2nc(C(F)(F)F)cc2C(C)C)C1. The normalized spacial score (nSPS) is 20.9. The van der Waals surface area contributed by atoms with E-state index in [0.29, 0.717) is 11.6 Å². The van der Waals surface area contributed by atoms with Crippen LogP contribution in [0, 0.1) is 5.92 Å². The van der Waals surface area contributed by atoms with Gasteiger partial charge in [0.2, 0.25) is 0 Å². The Balaban J connectivity index is 2.21. The van der Waals surface area contributed by atoms with Crippen molar-refractivity contribution in [1.29, 1.82) is 0 Å². The monoisotopic (exact) mass is 303 g/mol. The summed E-state index contributed by atoms with van der Waals surface area (Å²) in [6.07, 6.45) is -3.50. The van der Waals surface area contributed by atoms with Crippen LogP contribution in [-0.2, 0) is 6.18 Å². The van der Waals surface area contributed by atoms with Crippen molar-refractivity contribution in [2.75, 3.05) is 19.6 Å². The first-order valence-corrected chi connectivity index (χ1v) is 7.57. The number of hydrogen-bond acceptors (Lipinski definition) is 2. The summed E-state index contributed by atoms with van der Waals surface area (Å²) in [5.74, 6) is 0.601. The Labute approximate surface area is 124 Å². The predicted molar refractivity (Wildman–Crippen MR) is 76.3 cm³/mol. The van der Waals surface area contributed by atoms with Gasteiger partial charge in [0.15, 0.2) is 5.69 Å². The van der Waals surface area contributed by atoms with Gasteiger partial charge in [-0.15, -0.1) is 0 Å². The van der Waals surface area contributed by atoms with Crippen molar-refractivity contribution in [3.05, 3.63) is 17.5 Å². The van der Waals surface area contributed by atoms with Crippen LogP contribution < -0.4 is 0 Å². The van der Waals surface area contributed by atoms with Crippen LogP contribution in [0.4, 0.5) is 13.2 Å². The van der Waals surface area contributed by atoms with E-state index in [1.165, 1.54) is 6.07 Å². The van der Waals surface area contributed by atoms with Gasteiger partial charge >= 0.3 is 6.18 Å². The van der Waals surface area contributed by atoms with Gasteiger partial charge in [-0.2, -0.15) is 18.3 Å². The molecule has 1 fully saturated rings. The van der Waals surface area contributed by atoms with Crippen LogP contribution in [0.15, 0.2) is 6.07 Å². The van der Waals surface area contributed by atoms with E-state index >= 15 is 0 Å². The van der Waals surface area contributed by atoms with E-state index in [4.69, 9.17) is 0 Å². The fraction of sp³-hybridized carbons (Fsp3) is 0.800. The summed E-state index contributed by atoms with van der Waals surface area (Å²) >= 11 is 0. The van der Waals surface area contributed by atoms with Gasteiger partial charge in [-0.1, -0.05) is 27.7 Å². The van der Waals surface area contributed by atoms with Crippen molar-refractivity contribution >= 4 is 0 Å². The molecule has 0 saturated carbocycles. The molecule has 0 spiro atoms. The van der Waals surface area contributed by atoms with Crippen LogP contribution in [-0.4, -0.2) is 34.3 Å². The lowest BCUT2D eigenvalue weighted by atomic mass is 10.1. The Bertz CT molecular complexity index is 477. The molecule has 0 bridgehead atoms. The molecule has 1 saturated heterocycles. The number of halogens is 3.